The zero-order valence-corrected chi connectivity index (χ0v) is 14.1. The van der Waals surface area contributed by atoms with Crippen molar-refractivity contribution in [1.82, 2.24) is 5.32 Å². The number of hydrogen-bond acceptors (Lipinski definition) is 3. The Morgan fingerprint density at radius 2 is 1.62 bits per heavy atom. The largest absolute Gasteiger partial charge is 0.387 e. The lowest BCUT2D eigenvalue weighted by atomic mass is 9.99. The fourth-order valence-electron chi connectivity index (χ4n) is 2.22. The van der Waals surface area contributed by atoms with Gasteiger partial charge in [0.05, 0.1) is 12.7 Å². The second-order valence-corrected chi connectivity index (χ2v) is 6.26. The summed E-state index contributed by atoms with van der Waals surface area (Å²) >= 11 is 0. The first-order chi connectivity index (χ1) is 9.95. The van der Waals surface area contributed by atoms with E-state index in [0.29, 0.717) is 25.0 Å². The summed E-state index contributed by atoms with van der Waals surface area (Å²) in [6.45, 7) is 12.7. The molecule has 21 heavy (non-hydrogen) atoms. The van der Waals surface area contributed by atoms with E-state index < -0.39 is 6.10 Å². The molecule has 0 fully saturated rings. The predicted molar refractivity (Wildman–Crippen MR) is 88.6 cm³/mol. The SMILES string of the molecule is CCOCC(NCC(O)c1ccc(C(C)C)cc1)C(C)C. The highest BCUT2D eigenvalue weighted by Crippen LogP contribution is 2.18. The molecule has 0 aliphatic carbocycles. The van der Waals surface area contributed by atoms with Crippen LogP contribution in [0.3, 0.4) is 0 Å². The monoisotopic (exact) mass is 293 g/mol. The van der Waals surface area contributed by atoms with Gasteiger partial charge in [-0.05, 0) is 29.9 Å². The fraction of sp³-hybridized carbons (Fsp3) is 0.667. The lowest BCUT2D eigenvalue weighted by Crippen LogP contribution is -2.40. The van der Waals surface area contributed by atoms with Gasteiger partial charge in [0.25, 0.3) is 0 Å². The first-order valence-corrected chi connectivity index (χ1v) is 8.04. The molecule has 3 nitrogen and oxygen atoms in total. The minimum Gasteiger partial charge on any atom is -0.387 e. The van der Waals surface area contributed by atoms with E-state index in [1.165, 1.54) is 5.56 Å². The normalized spacial score (nSPS) is 14.7. The van der Waals surface area contributed by atoms with Crippen LogP contribution in [0.15, 0.2) is 24.3 Å². The first kappa shape index (κ1) is 18.1. The summed E-state index contributed by atoms with van der Waals surface area (Å²) < 4.78 is 5.49. The molecule has 2 unspecified atom stereocenters. The van der Waals surface area contributed by atoms with Crippen molar-refractivity contribution in [3.8, 4) is 0 Å². The highest BCUT2D eigenvalue weighted by atomic mass is 16.5. The molecule has 0 heterocycles. The zero-order valence-electron chi connectivity index (χ0n) is 14.1. The molecule has 120 valence electrons. The van der Waals surface area contributed by atoms with Crippen LogP contribution in [0.2, 0.25) is 0 Å². The van der Waals surface area contributed by atoms with Crippen LogP contribution < -0.4 is 5.32 Å². The van der Waals surface area contributed by atoms with Crippen LogP contribution in [0.1, 0.15) is 57.8 Å². The molecule has 0 aromatic heterocycles. The van der Waals surface area contributed by atoms with Gasteiger partial charge in [0, 0.05) is 19.2 Å². The van der Waals surface area contributed by atoms with Crippen LogP contribution in [-0.2, 0) is 4.74 Å². The average molecular weight is 293 g/mol. The summed E-state index contributed by atoms with van der Waals surface area (Å²) in [5.41, 5.74) is 2.26. The Balaban J connectivity index is 2.53. The Morgan fingerprint density at radius 3 is 2.10 bits per heavy atom. The number of hydrogen-bond donors (Lipinski definition) is 2. The number of ether oxygens (including phenoxy) is 1. The molecule has 1 aromatic rings. The lowest BCUT2D eigenvalue weighted by molar-refractivity contribution is 0.0970. The minimum atomic E-state index is -0.478. The molecule has 0 spiro atoms. The van der Waals surface area contributed by atoms with Crippen LogP contribution in [0.5, 0.6) is 0 Å². The van der Waals surface area contributed by atoms with Crippen molar-refractivity contribution < 1.29 is 9.84 Å². The zero-order chi connectivity index (χ0) is 15.8. The molecule has 0 saturated heterocycles. The van der Waals surface area contributed by atoms with E-state index in [1.807, 2.05) is 19.1 Å². The molecule has 2 N–H and O–H groups in total. The molecule has 1 rings (SSSR count). The molecule has 0 amide bonds. The maximum absolute atomic E-state index is 10.3. The second kappa shape index (κ2) is 9.19. The number of rotatable bonds is 9. The van der Waals surface area contributed by atoms with E-state index in [-0.39, 0.29) is 6.04 Å². The van der Waals surface area contributed by atoms with E-state index in [2.05, 4.69) is 45.1 Å². The van der Waals surface area contributed by atoms with Gasteiger partial charge in [0.15, 0.2) is 0 Å². The van der Waals surface area contributed by atoms with Gasteiger partial charge in [-0.1, -0.05) is 52.0 Å². The van der Waals surface area contributed by atoms with Crippen LogP contribution in [0, 0.1) is 5.92 Å². The molecular formula is C18H31NO2. The van der Waals surface area contributed by atoms with Crippen LogP contribution in [-0.4, -0.2) is 30.9 Å². The topological polar surface area (TPSA) is 41.5 Å². The summed E-state index contributed by atoms with van der Waals surface area (Å²) in [5, 5.41) is 13.7. The van der Waals surface area contributed by atoms with Gasteiger partial charge in [0.1, 0.15) is 0 Å². The van der Waals surface area contributed by atoms with Crippen molar-refractivity contribution in [3.63, 3.8) is 0 Å². The quantitative estimate of drug-likeness (QED) is 0.732. The number of aliphatic hydroxyl groups excluding tert-OH is 1. The Kier molecular flexibility index (Phi) is 7.94. The van der Waals surface area contributed by atoms with E-state index in [1.54, 1.807) is 0 Å². The second-order valence-electron chi connectivity index (χ2n) is 6.26. The number of benzene rings is 1. The number of aliphatic hydroxyl groups is 1. The summed E-state index contributed by atoms with van der Waals surface area (Å²) in [4.78, 5) is 0. The maximum atomic E-state index is 10.3. The van der Waals surface area contributed by atoms with Gasteiger partial charge in [-0.25, -0.2) is 0 Å². The Bertz CT molecular complexity index is 387. The number of nitrogens with one attached hydrogen (secondary N) is 1. The maximum Gasteiger partial charge on any atom is 0.0914 e. The lowest BCUT2D eigenvalue weighted by Gasteiger charge is -2.24. The third kappa shape index (κ3) is 6.16. The molecule has 0 radical (unpaired) electrons. The van der Waals surface area contributed by atoms with Gasteiger partial charge in [-0.3, -0.25) is 0 Å². The van der Waals surface area contributed by atoms with E-state index in [0.717, 1.165) is 12.2 Å². The van der Waals surface area contributed by atoms with Crippen molar-refractivity contribution >= 4 is 0 Å². The highest BCUT2D eigenvalue weighted by molar-refractivity contribution is 5.26. The fourth-order valence-corrected chi connectivity index (χ4v) is 2.22. The minimum absolute atomic E-state index is 0.273. The predicted octanol–water partition coefficient (Wildman–Crippen LogP) is 3.49. The van der Waals surface area contributed by atoms with E-state index >= 15 is 0 Å². The Morgan fingerprint density at radius 1 is 1.05 bits per heavy atom. The van der Waals surface area contributed by atoms with Crippen LogP contribution in [0.25, 0.3) is 0 Å². The van der Waals surface area contributed by atoms with Gasteiger partial charge in [-0.15, -0.1) is 0 Å². The van der Waals surface area contributed by atoms with Gasteiger partial charge >= 0.3 is 0 Å². The Labute approximate surface area is 129 Å². The van der Waals surface area contributed by atoms with Crippen molar-refractivity contribution in [2.45, 2.75) is 52.7 Å². The van der Waals surface area contributed by atoms with Crippen LogP contribution in [0.4, 0.5) is 0 Å². The summed E-state index contributed by atoms with van der Waals surface area (Å²) in [6.07, 6.45) is -0.478. The molecule has 0 aliphatic heterocycles. The van der Waals surface area contributed by atoms with Gasteiger partial charge in [-0.2, -0.15) is 0 Å². The van der Waals surface area contributed by atoms with Crippen molar-refractivity contribution in [2.75, 3.05) is 19.8 Å². The molecule has 0 aliphatic rings. The summed E-state index contributed by atoms with van der Waals surface area (Å²) in [6, 6.07) is 8.52. The van der Waals surface area contributed by atoms with Crippen molar-refractivity contribution in [1.29, 1.82) is 0 Å². The van der Waals surface area contributed by atoms with Crippen molar-refractivity contribution in [2.24, 2.45) is 5.92 Å². The van der Waals surface area contributed by atoms with Gasteiger partial charge < -0.3 is 15.2 Å². The van der Waals surface area contributed by atoms with E-state index in [4.69, 9.17) is 4.74 Å². The highest BCUT2D eigenvalue weighted by Gasteiger charge is 2.15. The molecule has 1 aromatic carbocycles. The van der Waals surface area contributed by atoms with Crippen LogP contribution >= 0.6 is 0 Å². The molecular weight excluding hydrogens is 262 g/mol. The van der Waals surface area contributed by atoms with E-state index in [9.17, 15) is 5.11 Å². The summed E-state index contributed by atoms with van der Waals surface area (Å²) in [7, 11) is 0. The molecule has 2 atom stereocenters. The third-order valence-corrected chi connectivity index (χ3v) is 3.87. The standard InChI is InChI=1S/C18H31NO2/c1-6-21-12-17(14(4)5)19-11-18(20)16-9-7-15(8-10-16)13(2)3/h7-10,13-14,17-20H,6,11-12H2,1-5H3. The molecule has 3 heteroatoms. The average Bonchev–Trinajstić information content (AvgIpc) is 2.46. The molecule has 0 bridgehead atoms. The smallest absolute Gasteiger partial charge is 0.0914 e. The first-order valence-electron chi connectivity index (χ1n) is 8.04. The van der Waals surface area contributed by atoms with Crippen molar-refractivity contribution in [3.05, 3.63) is 35.4 Å². The Hall–Kier alpha value is -0.900. The summed E-state index contributed by atoms with van der Waals surface area (Å²) in [5.74, 6) is 0.998. The third-order valence-electron chi connectivity index (χ3n) is 3.87. The molecule has 0 saturated carbocycles. The van der Waals surface area contributed by atoms with Gasteiger partial charge in [0.2, 0.25) is 0 Å².